The molecule has 4 rings (SSSR count). The van der Waals surface area contributed by atoms with Crippen molar-refractivity contribution in [2.75, 3.05) is 0 Å². The van der Waals surface area contributed by atoms with Gasteiger partial charge >= 0.3 is 12.1 Å². The van der Waals surface area contributed by atoms with Crippen molar-refractivity contribution >= 4 is 50.6 Å². The van der Waals surface area contributed by atoms with Gasteiger partial charge in [0.25, 0.3) is 5.56 Å². The van der Waals surface area contributed by atoms with Crippen LogP contribution in [0.15, 0.2) is 75.0 Å². The molecule has 0 aliphatic heterocycles. The zero-order valence-electron chi connectivity index (χ0n) is 18.8. The number of carboxylic acids is 1. The van der Waals surface area contributed by atoms with Gasteiger partial charge in [-0.25, -0.2) is 9.78 Å². The number of carbonyl (C=O) groups is 1. The first kappa shape index (κ1) is 26.4. The normalized spacial score (nSPS) is 12.7. The number of hydrogen-bond acceptors (Lipinski definition) is 5. The molecule has 0 saturated carbocycles. The van der Waals surface area contributed by atoms with Gasteiger partial charge in [-0.2, -0.15) is 22.9 Å². The second-order valence-corrected chi connectivity index (χ2v) is 9.07. The van der Waals surface area contributed by atoms with E-state index < -0.39 is 29.4 Å². The quantitative estimate of drug-likeness (QED) is 0.267. The standard InChI is InChI=1S/C25H16BrClF3N3O4/c1-13(24(35)36)37-21-18(26)9-14(10-19(21)27)12-31-33-22(15-5-4-6-16(11-15)25(28,29)30)32-20-8-3-2-7-17(20)23(33)34/h2-13H,1H3,(H,35,36)/t13-/m0/s1. The molecule has 1 heterocycles. The van der Waals surface area contributed by atoms with Crippen molar-refractivity contribution in [2.24, 2.45) is 5.10 Å². The van der Waals surface area contributed by atoms with E-state index in [4.69, 9.17) is 21.4 Å². The lowest BCUT2D eigenvalue weighted by atomic mass is 10.1. The van der Waals surface area contributed by atoms with Gasteiger partial charge in [0.1, 0.15) is 0 Å². The summed E-state index contributed by atoms with van der Waals surface area (Å²) in [5.74, 6) is -1.17. The van der Waals surface area contributed by atoms with E-state index in [-0.39, 0.29) is 27.5 Å². The summed E-state index contributed by atoms with van der Waals surface area (Å²) in [7, 11) is 0. The largest absolute Gasteiger partial charge is 0.479 e. The maximum absolute atomic E-state index is 13.3. The third kappa shape index (κ3) is 5.67. The van der Waals surface area contributed by atoms with E-state index >= 15 is 0 Å². The molecule has 190 valence electrons. The van der Waals surface area contributed by atoms with Crippen molar-refractivity contribution in [1.82, 2.24) is 9.66 Å². The van der Waals surface area contributed by atoms with Crippen LogP contribution in [0.3, 0.4) is 0 Å². The molecule has 0 aliphatic carbocycles. The number of rotatable bonds is 6. The van der Waals surface area contributed by atoms with Gasteiger partial charge < -0.3 is 9.84 Å². The summed E-state index contributed by atoms with van der Waals surface area (Å²) >= 11 is 9.54. The van der Waals surface area contributed by atoms with Crippen molar-refractivity contribution in [3.63, 3.8) is 0 Å². The van der Waals surface area contributed by atoms with Crippen LogP contribution in [-0.2, 0) is 11.0 Å². The molecular weight excluding hydrogens is 579 g/mol. The lowest BCUT2D eigenvalue weighted by Crippen LogP contribution is -2.23. The number of aromatic nitrogens is 2. The van der Waals surface area contributed by atoms with E-state index in [1.165, 1.54) is 43.5 Å². The number of alkyl halides is 3. The van der Waals surface area contributed by atoms with Gasteiger partial charge in [-0.1, -0.05) is 35.9 Å². The molecule has 7 nitrogen and oxygen atoms in total. The molecule has 1 aromatic heterocycles. The van der Waals surface area contributed by atoms with Gasteiger partial charge in [-0.3, -0.25) is 4.79 Å². The highest BCUT2D eigenvalue weighted by atomic mass is 79.9. The number of benzene rings is 3. The van der Waals surface area contributed by atoms with Crippen LogP contribution in [0.4, 0.5) is 13.2 Å². The molecule has 0 bridgehead atoms. The van der Waals surface area contributed by atoms with Crippen LogP contribution in [-0.4, -0.2) is 33.1 Å². The van der Waals surface area contributed by atoms with Gasteiger partial charge in [0, 0.05) is 5.56 Å². The van der Waals surface area contributed by atoms with Crippen molar-refractivity contribution in [3.05, 3.63) is 91.6 Å². The van der Waals surface area contributed by atoms with E-state index in [2.05, 4.69) is 26.0 Å². The highest BCUT2D eigenvalue weighted by Gasteiger charge is 2.31. The van der Waals surface area contributed by atoms with E-state index in [1.807, 2.05) is 0 Å². The SMILES string of the molecule is C[C@H](Oc1c(Cl)cc(C=Nn2c(-c3cccc(C(F)(F)F)c3)nc3ccccc3c2=O)cc1Br)C(=O)O. The van der Waals surface area contributed by atoms with Crippen molar-refractivity contribution in [3.8, 4) is 17.1 Å². The number of fused-ring (bicyclic) bond motifs is 1. The van der Waals surface area contributed by atoms with Crippen LogP contribution in [0, 0.1) is 0 Å². The van der Waals surface area contributed by atoms with Gasteiger partial charge in [0.2, 0.25) is 0 Å². The maximum atomic E-state index is 13.3. The molecule has 0 fully saturated rings. The zero-order chi connectivity index (χ0) is 26.9. The van der Waals surface area contributed by atoms with Crippen LogP contribution >= 0.6 is 27.5 Å². The Morgan fingerprint density at radius 2 is 1.92 bits per heavy atom. The number of ether oxygens (including phenoxy) is 1. The van der Waals surface area contributed by atoms with Crippen molar-refractivity contribution in [2.45, 2.75) is 19.2 Å². The molecule has 0 amide bonds. The third-order valence-electron chi connectivity index (χ3n) is 5.19. The highest BCUT2D eigenvalue weighted by Crippen LogP contribution is 2.35. The van der Waals surface area contributed by atoms with Gasteiger partial charge in [-0.15, -0.1) is 0 Å². The fourth-order valence-electron chi connectivity index (χ4n) is 3.37. The van der Waals surface area contributed by atoms with Crippen LogP contribution < -0.4 is 10.3 Å². The molecule has 12 heteroatoms. The van der Waals surface area contributed by atoms with E-state index in [0.29, 0.717) is 15.6 Å². The summed E-state index contributed by atoms with van der Waals surface area (Å²) in [5.41, 5.74) is -0.756. The average Bonchev–Trinajstić information content (AvgIpc) is 2.85. The minimum Gasteiger partial charge on any atom is -0.479 e. The van der Waals surface area contributed by atoms with Gasteiger partial charge in [-0.05, 0) is 64.8 Å². The Bertz CT molecular complexity index is 1580. The summed E-state index contributed by atoms with van der Waals surface area (Å²) in [6, 6.07) is 13.8. The number of hydrogen-bond donors (Lipinski definition) is 1. The molecule has 1 atom stereocenters. The van der Waals surface area contributed by atoms with Crippen molar-refractivity contribution < 1.29 is 27.8 Å². The molecule has 37 heavy (non-hydrogen) atoms. The fourth-order valence-corrected chi connectivity index (χ4v) is 4.33. The molecule has 0 aliphatic rings. The van der Waals surface area contributed by atoms with Gasteiger partial charge in [0.15, 0.2) is 17.7 Å². The lowest BCUT2D eigenvalue weighted by molar-refractivity contribution is -0.144. The third-order valence-corrected chi connectivity index (χ3v) is 6.06. The maximum Gasteiger partial charge on any atom is 0.416 e. The first-order chi connectivity index (χ1) is 17.5. The van der Waals surface area contributed by atoms with E-state index in [9.17, 15) is 22.8 Å². The Morgan fingerprint density at radius 3 is 2.59 bits per heavy atom. The minimum atomic E-state index is -4.59. The van der Waals surface area contributed by atoms with Gasteiger partial charge in [0.05, 0.1) is 32.2 Å². The predicted octanol–water partition coefficient (Wildman–Crippen LogP) is 6.23. The summed E-state index contributed by atoms with van der Waals surface area (Å²) < 4.78 is 46.6. The first-order valence-corrected chi connectivity index (χ1v) is 11.7. The Balaban J connectivity index is 1.83. The second kappa shape index (κ2) is 10.3. The summed E-state index contributed by atoms with van der Waals surface area (Å²) in [6.07, 6.45) is -4.48. The number of para-hydroxylation sites is 1. The Morgan fingerprint density at radius 1 is 1.19 bits per heavy atom. The number of halogens is 5. The monoisotopic (exact) mass is 593 g/mol. The lowest BCUT2D eigenvalue weighted by Gasteiger charge is -2.14. The average molecular weight is 595 g/mol. The van der Waals surface area contributed by atoms with Crippen LogP contribution in [0.5, 0.6) is 5.75 Å². The molecule has 0 saturated heterocycles. The molecular formula is C25H16BrClF3N3O4. The molecule has 0 radical (unpaired) electrons. The first-order valence-electron chi connectivity index (χ1n) is 10.6. The molecule has 0 unspecified atom stereocenters. The minimum absolute atomic E-state index is 0.0421. The number of nitrogens with zero attached hydrogens (tertiary/aromatic N) is 3. The molecule has 3 aromatic carbocycles. The van der Waals surface area contributed by atoms with Crippen molar-refractivity contribution in [1.29, 1.82) is 0 Å². The number of aliphatic carboxylic acids is 1. The highest BCUT2D eigenvalue weighted by molar-refractivity contribution is 9.10. The summed E-state index contributed by atoms with van der Waals surface area (Å²) in [6.45, 7) is 1.34. The van der Waals surface area contributed by atoms with E-state index in [0.717, 1.165) is 16.8 Å². The van der Waals surface area contributed by atoms with E-state index in [1.54, 1.807) is 18.2 Å². The zero-order valence-corrected chi connectivity index (χ0v) is 21.2. The number of carboxylic acid groups (broad SMARTS) is 1. The molecule has 4 aromatic rings. The predicted molar refractivity (Wildman–Crippen MR) is 136 cm³/mol. The Labute approximate surface area is 220 Å². The fraction of sp³-hybridized carbons (Fsp3) is 0.120. The van der Waals surface area contributed by atoms with Crippen LogP contribution in [0.2, 0.25) is 5.02 Å². The second-order valence-electron chi connectivity index (χ2n) is 7.80. The Hall–Kier alpha value is -3.70. The topological polar surface area (TPSA) is 93.8 Å². The smallest absolute Gasteiger partial charge is 0.416 e. The summed E-state index contributed by atoms with van der Waals surface area (Å²) in [5, 5.41) is 13.6. The van der Waals surface area contributed by atoms with Crippen LogP contribution in [0.25, 0.3) is 22.3 Å². The van der Waals surface area contributed by atoms with Crippen LogP contribution in [0.1, 0.15) is 18.1 Å². The molecule has 0 spiro atoms. The Kier molecular flexibility index (Phi) is 7.37. The molecule has 1 N–H and O–H groups in total. The summed E-state index contributed by atoms with van der Waals surface area (Å²) in [4.78, 5) is 28.8.